The molecule has 1 aliphatic heterocycles. The summed E-state index contributed by atoms with van der Waals surface area (Å²) in [5.74, 6) is -0.403. The quantitative estimate of drug-likeness (QED) is 0.473. The first-order valence-corrected chi connectivity index (χ1v) is 11.6. The van der Waals surface area contributed by atoms with Crippen molar-refractivity contribution in [3.8, 4) is 0 Å². The number of aromatic carboxylic acids is 1. The van der Waals surface area contributed by atoms with Gasteiger partial charge in [0.05, 0.1) is 12.1 Å². The van der Waals surface area contributed by atoms with E-state index >= 15 is 0 Å². The molecule has 0 saturated carbocycles. The van der Waals surface area contributed by atoms with E-state index in [-0.39, 0.29) is 16.5 Å². The van der Waals surface area contributed by atoms with Gasteiger partial charge >= 0.3 is 5.97 Å². The Balaban J connectivity index is 1.82. The van der Waals surface area contributed by atoms with Gasteiger partial charge in [0.1, 0.15) is 15.9 Å². The largest absolute Gasteiger partial charge is 0.477 e. The van der Waals surface area contributed by atoms with Crippen LogP contribution in [0, 0.1) is 0 Å². The number of halogens is 1. The highest BCUT2D eigenvalue weighted by Crippen LogP contribution is 2.33. The van der Waals surface area contributed by atoms with E-state index in [0.717, 1.165) is 36.3 Å². The Labute approximate surface area is 192 Å². The molecule has 5 rings (SSSR count). The molecule has 0 radical (unpaired) electrons. The van der Waals surface area contributed by atoms with Crippen molar-refractivity contribution in [1.29, 1.82) is 0 Å². The summed E-state index contributed by atoms with van der Waals surface area (Å²) in [4.78, 5) is 32.4. The van der Waals surface area contributed by atoms with Crippen LogP contribution in [-0.4, -0.2) is 44.3 Å². The molecule has 1 atom stereocenters. The minimum atomic E-state index is -1.06. The van der Waals surface area contributed by atoms with E-state index in [2.05, 4.69) is 4.90 Å². The number of hydrogen-bond acceptors (Lipinski definition) is 6. The molecule has 0 bridgehead atoms. The number of benzene rings is 1. The predicted octanol–water partition coefficient (Wildman–Crippen LogP) is 3.28. The maximum Gasteiger partial charge on any atom is 0.348 e. The number of carbonyl (C=O) groups is 1. The van der Waals surface area contributed by atoms with Crippen LogP contribution >= 0.6 is 22.9 Å². The highest BCUT2D eigenvalue weighted by Gasteiger charge is 2.27. The summed E-state index contributed by atoms with van der Waals surface area (Å²) in [6.07, 6.45) is 1.88. The average Bonchev–Trinajstić information content (AvgIpc) is 3.36. The van der Waals surface area contributed by atoms with E-state index in [4.69, 9.17) is 22.3 Å². The van der Waals surface area contributed by atoms with Crippen LogP contribution in [0.1, 0.15) is 28.1 Å². The number of rotatable bonds is 4. The van der Waals surface area contributed by atoms with Crippen molar-refractivity contribution >= 4 is 56.8 Å². The van der Waals surface area contributed by atoms with E-state index in [1.165, 1.54) is 4.57 Å². The molecule has 4 aromatic rings. The van der Waals surface area contributed by atoms with Crippen molar-refractivity contribution in [1.82, 2.24) is 14.1 Å². The number of hydrogen-bond donors (Lipinski definition) is 2. The lowest BCUT2D eigenvalue weighted by Gasteiger charge is -2.32. The number of nitrogens with two attached hydrogens (primary N) is 1. The van der Waals surface area contributed by atoms with Gasteiger partial charge in [-0.2, -0.15) is 0 Å². The van der Waals surface area contributed by atoms with E-state index in [1.807, 2.05) is 28.8 Å². The maximum atomic E-state index is 13.5. The number of pyridine rings is 1. The number of carboxylic acid groups (broad SMARTS) is 1. The van der Waals surface area contributed by atoms with Crippen molar-refractivity contribution in [3.05, 3.63) is 55.5 Å². The lowest BCUT2D eigenvalue weighted by Crippen LogP contribution is -2.44. The van der Waals surface area contributed by atoms with Crippen LogP contribution in [0.25, 0.3) is 21.9 Å². The molecule has 0 amide bonds. The molecule has 166 valence electrons. The summed E-state index contributed by atoms with van der Waals surface area (Å²) in [6.45, 7) is 1.79. The van der Waals surface area contributed by atoms with E-state index in [1.54, 1.807) is 12.4 Å². The fourth-order valence-electron chi connectivity index (χ4n) is 4.49. The Morgan fingerprint density at radius 1 is 1.34 bits per heavy atom. The number of thiophene rings is 1. The SMILES string of the molecule is Cn1c(=O)c2c(nc(N3CCC[C@@H](N)C3)n2Cc2ccccc2Cl)c2csc(C(=O)O)c21. The first-order chi connectivity index (χ1) is 15.4. The monoisotopic (exact) mass is 471 g/mol. The van der Waals surface area contributed by atoms with Crippen molar-refractivity contribution in [2.24, 2.45) is 12.8 Å². The number of anilines is 1. The van der Waals surface area contributed by atoms with E-state index < -0.39 is 5.97 Å². The van der Waals surface area contributed by atoms with E-state index in [0.29, 0.717) is 46.0 Å². The fraction of sp³-hybridized carbons (Fsp3) is 0.318. The number of fused-ring (bicyclic) bond motifs is 3. The third-order valence-corrected chi connectivity index (χ3v) is 7.36. The number of aryl methyl sites for hydroxylation is 1. The highest BCUT2D eigenvalue weighted by atomic mass is 35.5. The summed E-state index contributed by atoms with van der Waals surface area (Å²) >= 11 is 7.55. The van der Waals surface area contributed by atoms with Gasteiger partial charge in [-0.05, 0) is 24.5 Å². The first kappa shape index (κ1) is 21.0. The predicted molar refractivity (Wildman–Crippen MR) is 127 cm³/mol. The van der Waals surface area contributed by atoms with Crippen LogP contribution in [0.5, 0.6) is 0 Å². The Morgan fingerprint density at radius 2 is 2.12 bits per heavy atom. The van der Waals surface area contributed by atoms with Crippen LogP contribution in [-0.2, 0) is 13.6 Å². The van der Waals surface area contributed by atoms with Crippen molar-refractivity contribution in [2.45, 2.75) is 25.4 Å². The molecule has 1 aliphatic rings. The molecule has 10 heteroatoms. The summed E-state index contributed by atoms with van der Waals surface area (Å²) < 4.78 is 3.31. The van der Waals surface area contributed by atoms with Crippen LogP contribution in [0.2, 0.25) is 5.02 Å². The summed E-state index contributed by atoms with van der Waals surface area (Å²) in [6, 6.07) is 7.55. The Hall–Kier alpha value is -2.88. The van der Waals surface area contributed by atoms with Crippen LogP contribution in [0.4, 0.5) is 5.95 Å². The topological polar surface area (TPSA) is 106 Å². The van der Waals surface area contributed by atoms with Crippen molar-refractivity contribution in [3.63, 3.8) is 0 Å². The smallest absolute Gasteiger partial charge is 0.348 e. The molecular weight excluding hydrogens is 450 g/mol. The molecule has 32 heavy (non-hydrogen) atoms. The molecule has 0 unspecified atom stereocenters. The third-order valence-electron chi connectivity index (χ3n) is 6.03. The Bertz CT molecular complexity index is 1420. The zero-order valence-electron chi connectivity index (χ0n) is 17.4. The zero-order valence-corrected chi connectivity index (χ0v) is 19.0. The van der Waals surface area contributed by atoms with Gasteiger partial charge in [-0.25, -0.2) is 9.78 Å². The molecule has 0 spiro atoms. The van der Waals surface area contributed by atoms with Crippen molar-refractivity contribution < 1.29 is 9.90 Å². The fourth-order valence-corrected chi connectivity index (χ4v) is 5.60. The van der Waals surface area contributed by atoms with Gasteiger partial charge in [0.2, 0.25) is 5.95 Å². The molecule has 1 saturated heterocycles. The average molecular weight is 472 g/mol. The van der Waals surface area contributed by atoms with Crippen LogP contribution in [0.3, 0.4) is 0 Å². The second kappa shape index (κ2) is 7.91. The first-order valence-electron chi connectivity index (χ1n) is 10.3. The van der Waals surface area contributed by atoms with Gasteiger partial charge < -0.3 is 24.9 Å². The number of piperidine rings is 1. The molecule has 0 aliphatic carbocycles. The van der Waals surface area contributed by atoms with Gasteiger partial charge in [0.15, 0.2) is 0 Å². The lowest BCUT2D eigenvalue weighted by molar-refractivity contribution is 0.0703. The molecular formula is C22H22ClN5O3S. The van der Waals surface area contributed by atoms with Gasteiger partial charge in [-0.15, -0.1) is 11.3 Å². The lowest BCUT2D eigenvalue weighted by atomic mass is 10.1. The molecule has 8 nitrogen and oxygen atoms in total. The van der Waals surface area contributed by atoms with Gasteiger partial charge in [0, 0.05) is 42.0 Å². The van der Waals surface area contributed by atoms with Crippen molar-refractivity contribution in [2.75, 3.05) is 18.0 Å². The second-order valence-corrected chi connectivity index (χ2v) is 9.42. The molecule has 1 fully saturated rings. The number of imidazole rings is 1. The summed E-state index contributed by atoms with van der Waals surface area (Å²) in [7, 11) is 1.60. The highest BCUT2D eigenvalue weighted by molar-refractivity contribution is 7.13. The summed E-state index contributed by atoms with van der Waals surface area (Å²) in [5, 5.41) is 12.6. The number of carboxylic acids is 1. The maximum absolute atomic E-state index is 13.5. The van der Waals surface area contributed by atoms with Gasteiger partial charge in [-0.1, -0.05) is 29.8 Å². The van der Waals surface area contributed by atoms with Gasteiger partial charge in [-0.3, -0.25) is 4.79 Å². The number of aromatic nitrogens is 3. The Kier molecular flexibility index (Phi) is 5.19. The van der Waals surface area contributed by atoms with Crippen LogP contribution < -0.4 is 16.2 Å². The minimum absolute atomic E-state index is 0.0277. The molecule has 1 aromatic carbocycles. The second-order valence-electron chi connectivity index (χ2n) is 8.13. The summed E-state index contributed by atoms with van der Waals surface area (Å²) in [5.41, 5.74) is 8.15. The standard InChI is InChI=1S/C22H22ClN5O3S/c1-26-17-14(11-32-19(17)21(30)31)16-18(20(26)29)28(9-12-5-2-3-7-15(12)23)22(25-16)27-8-4-6-13(24)10-27/h2-3,5,7,11,13H,4,6,8-10,24H2,1H3,(H,30,31)/t13-/m1/s1. The van der Waals surface area contributed by atoms with Gasteiger partial charge in [0.25, 0.3) is 5.56 Å². The Morgan fingerprint density at radius 3 is 2.84 bits per heavy atom. The molecule has 4 heterocycles. The minimum Gasteiger partial charge on any atom is -0.477 e. The zero-order chi connectivity index (χ0) is 22.6. The van der Waals surface area contributed by atoms with Crippen LogP contribution in [0.15, 0.2) is 34.4 Å². The molecule has 3 aromatic heterocycles. The van der Waals surface area contributed by atoms with E-state index in [9.17, 15) is 14.7 Å². The number of nitrogens with zero attached hydrogens (tertiary/aromatic N) is 4. The normalized spacial score (nSPS) is 16.8. The third kappa shape index (κ3) is 3.28. The molecule has 3 N–H and O–H groups in total.